The van der Waals surface area contributed by atoms with Crippen LogP contribution in [0.4, 0.5) is 0 Å². The molecule has 0 saturated carbocycles. The predicted molar refractivity (Wildman–Crippen MR) is 46.8 cm³/mol. The van der Waals surface area contributed by atoms with Crippen LogP contribution < -0.4 is 5.32 Å². The predicted octanol–water partition coefficient (Wildman–Crippen LogP) is 0.939. The smallest absolute Gasteiger partial charge is 0.302 e. The standard InChI is InChI=1S/C9H17NO2/c1-8(11)12-6-4-9-3-2-5-10-7-9/h9-10H,2-7H2,1H3/t9-/m0/s1. The van der Waals surface area contributed by atoms with E-state index in [0.29, 0.717) is 12.5 Å². The van der Waals surface area contributed by atoms with Crippen LogP contribution >= 0.6 is 0 Å². The van der Waals surface area contributed by atoms with Crippen LogP contribution in [0, 0.1) is 5.92 Å². The Morgan fingerprint density at radius 1 is 1.67 bits per heavy atom. The number of nitrogens with one attached hydrogen (secondary N) is 1. The van der Waals surface area contributed by atoms with Crippen LogP contribution in [0.2, 0.25) is 0 Å². The molecule has 70 valence electrons. The quantitative estimate of drug-likeness (QED) is 0.642. The van der Waals surface area contributed by atoms with Crippen molar-refractivity contribution in [3.63, 3.8) is 0 Å². The summed E-state index contributed by atoms with van der Waals surface area (Å²) in [6.45, 7) is 4.27. The second-order valence-electron chi connectivity index (χ2n) is 3.34. The zero-order valence-electron chi connectivity index (χ0n) is 7.64. The van der Waals surface area contributed by atoms with E-state index in [-0.39, 0.29) is 5.97 Å². The third-order valence-corrected chi connectivity index (χ3v) is 2.23. The summed E-state index contributed by atoms with van der Waals surface area (Å²) >= 11 is 0. The van der Waals surface area contributed by atoms with Gasteiger partial charge in [0.1, 0.15) is 0 Å². The zero-order chi connectivity index (χ0) is 8.81. The highest BCUT2D eigenvalue weighted by Gasteiger charge is 2.12. The summed E-state index contributed by atoms with van der Waals surface area (Å²) in [4.78, 5) is 10.4. The highest BCUT2D eigenvalue weighted by atomic mass is 16.5. The van der Waals surface area contributed by atoms with Gasteiger partial charge in [-0.3, -0.25) is 4.79 Å². The molecule has 1 aliphatic rings. The van der Waals surface area contributed by atoms with Crippen molar-refractivity contribution in [2.45, 2.75) is 26.2 Å². The topological polar surface area (TPSA) is 38.3 Å². The Labute approximate surface area is 73.5 Å². The maximum absolute atomic E-state index is 10.4. The van der Waals surface area contributed by atoms with Crippen molar-refractivity contribution in [1.82, 2.24) is 5.32 Å². The summed E-state index contributed by atoms with van der Waals surface area (Å²) in [5.41, 5.74) is 0. The average molecular weight is 171 g/mol. The van der Waals surface area contributed by atoms with Gasteiger partial charge in [0.15, 0.2) is 0 Å². The summed E-state index contributed by atoms with van der Waals surface area (Å²) in [5.74, 6) is 0.539. The van der Waals surface area contributed by atoms with Gasteiger partial charge in [-0.1, -0.05) is 0 Å². The summed E-state index contributed by atoms with van der Waals surface area (Å²) in [5, 5.41) is 3.33. The van der Waals surface area contributed by atoms with Crippen LogP contribution in [-0.4, -0.2) is 25.7 Å². The van der Waals surface area contributed by atoms with Crippen LogP contribution in [0.3, 0.4) is 0 Å². The first kappa shape index (κ1) is 9.52. The van der Waals surface area contributed by atoms with E-state index < -0.39 is 0 Å². The molecule has 3 heteroatoms. The lowest BCUT2D eigenvalue weighted by Crippen LogP contribution is -2.30. The molecule has 0 unspecified atom stereocenters. The Bertz CT molecular complexity index is 141. The molecule has 1 fully saturated rings. The van der Waals surface area contributed by atoms with Gasteiger partial charge in [-0.15, -0.1) is 0 Å². The second kappa shape index (κ2) is 5.14. The fraction of sp³-hybridized carbons (Fsp3) is 0.889. The van der Waals surface area contributed by atoms with Gasteiger partial charge in [-0.25, -0.2) is 0 Å². The van der Waals surface area contributed by atoms with E-state index in [9.17, 15) is 4.79 Å². The molecule has 0 aromatic carbocycles. The number of piperidine rings is 1. The lowest BCUT2D eigenvalue weighted by atomic mass is 9.97. The van der Waals surface area contributed by atoms with E-state index in [1.54, 1.807) is 0 Å². The minimum absolute atomic E-state index is 0.168. The lowest BCUT2D eigenvalue weighted by Gasteiger charge is -2.22. The summed E-state index contributed by atoms with van der Waals surface area (Å²) in [6, 6.07) is 0. The lowest BCUT2D eigenvalue weighted by molar-refractivity contribution is -0.141. The van der Waals surface area contributed by atoms with Crippen LogP contribution in [0.25, 0.3) is 0 Å². The maximum Gasteiger partial charge on any atom is 0.302 e. The molecule has 0 amide bonds. The number of carbonyl (C=O) groups is 1. The van der Waals surface area contributed by atoms with E-state index in [0.717, 1.165) is 19.5 Å². The zero-order valence-corrected chi connectivity index (χ0v) is 7.64. The fourth-order valence-electron chi connectivity index (χ4n) is 1.54. The fourth-order valence-corrected chi connectivity index (χ4v) is 1.54. The van der Waals surface area contributed by atoms with Gasteiger partial charge in [-0.2, -0.15) is 0 Å². The third kappa shape index (κ3) is 3.72. The van der Waals surface area contributed by atoms with Crippen LogP contribution in [0.5, 0.6) is 0 Å². The van der Waals surface area contributed by atoms with Crippen molar-refractivity contribution in [3.05, 3.63) is 0 Å². The van der Waals surface area contributed by atoms with Gasteiger partial charge in [-0.05, 0) is 38.3 Å². The molecule has 1 saturated heterocycles. The van der Waals surface area contributed by atoms with Gasteiger partial charge in [0, 0.05) is 6.92 Å². The molecule has 1 aliphatic heterocycles. The molecule has 0 radical (unpaired) electrons. The molecule has 0 aromatic rings. The van der Waals surface area contributed by atoms with Crippen molar-refractivity contribution in [2.24, 2.45) is 5.92 Å². The highest BCUT2D eigenvalue weighted by molar-refractivity contribution is 5.65. The number of rotatable bonds is 3. The molecule has 12 heavy (non-hydrogen) atoms. The first-order valence-electron chi connectivity index (χ1n) is 4.63. The molecule has 0 aliphatic carbocycles. The minimum Gasteiger partial charge on any atom is -0.466 e. The van der Waals surface area contributed by atoms with Gasteiger partial charge in [0.05, 0.1) is 6.61 Å². The van der Waals surface area contributed by atoms with Crippen molar-refractivity contribution in [1.29, 1.82) is 0 Å². The van der Waals surface area contributed by atoms with Gasteiger partial charge >= 0.3 is 5.97 Å². The largest absolute Gasteiger partial charge is 0.466 e. The van der Waals surface area contributed by atoms with Crippen LogP contribution in [0.15, 0.2) is 0 Å². The van der Waals surface area contributed by atoms with Crippen LogP contribution in [-0.2, 0) is 9.53 Å². The molecule has 0 bridgehead atoms. The van der Waals surface area contributed by atoms with E-state index in [4.69, 9.17) is 4.74 Å². The van der Waals surface area contributed by atoms with Crippen molar-refractivity contribution >= 4 is 5.97 Å². The molecule has 3 nitrogen and oxygen atoms in total. The number of carbonyl (C=O) groups excluding carboxylic acids is 1. The summed E-state index contributed by atoms with van der Waals surface area (Å²) in [7, 11) is 0. The third-order valence-electron chi connectivity index (χ3n) is 2.23. The first-order valence-corrected chi connectivity index (χ1v) is 4.63. The molecule has 1 atom stereocenters. The minimum atomic E-state index is -0.168. The number of hydrogen-bond donors (Lipinski definition) is 1. The summed E-state index contributed by atoms with van der Waals surface area (Å²) < 4.78 is 4.88. The first-order chi connectivity index (χ1) is 5.79. The molecule has 1 rings (SSSR count). The average Bonchev–Trinajstić information content (AvgIpc) is 2.05. The second-order valence-corrected chi connectivity index (χ2v) is 3.34. The number of hydrogen-bond acceptors (Lipinski definition) is 3. The molecular formula is C9H17NO2. The Morgan fingerprint density at radius 2 is 2.50 bits per heavy atom. The van der Waals surface area contributed by atoms with E-state index in [1.807, 2.05) is 0 Å². The number of esters is 1. The molecule has 0 spiro atoms. The molecule has 1 N–H and O–H groups in total. The van der Waals surface area contributed by atoms with E-state index in [2.05, 4.69) is 5.32 Å². The Kier molecular flexibility index (Phi) is 4.08. The normalized spacial score (nSPS) is 23.6. The van der Waals surface area contributed by atoms with Crippen molar-refractivity contribution in [2.75, 3.05) is 19.7 Å². The van der Waals surface area contributed by atoms with E-state index in [1.165, 1.54) is 19.8 Å². The summed E-state index contributed by atoms with van der Waals surface area (Å²) in [6.07, 6.45) is 3.53. The molecule has 1 heterocycles. The van der Waals surface area contributed by atoms with Gasteiger partial charge in [0.2, 0.25) is 0 Å². The van der Waals surface area contributed by atoms with E-state index >= 15 is 0 Å². The van der Waals surface area contributed by atoms with Crippen molar-refractivity contribution < 1.29 is 9.53 Å². The SMILES string of the molecule is CC(=O)OCC[C@@H]1CCCNC1. The number of ether oxygens (including phenoxy) is 1. The highest BCUT2D eigenvalue weighted by Crippen LogP contribution is 2.13. The molecule has 0 aromatic heterocycles. The maximum atomic E-state index is 10.4. The Morgan fingerprint density at radius 3 is 3.08 bits per heavy atom. The molecular weight excluding hydrogens is 154 g/mol. The van der Waals surface area contributed by atoms with Gasteiger partial charge in [0.25, 0.3) is 0 Å². The Balaban J connectivity index is 2.01. The van der Waals surface area contributed by atoms with Crippen molar-refractivity contribution in [3.8, 4) is 0 Å². The monoisotopic (exact) mass is 171 g/mol. The Hall–Kier alpha value is -0.570. The van der Waals surface area contributed by atoms with Crippen LogP contribution in [0.1, 0.15) is 26.2 Å². The van der Waals surface area contributed by atoms with Gasteiger partial charge < -0.3 is 10.1 Å².